The van der Waals surface area contributed by atoms with Gasteiger partial charge in [-0.25, -0.2) is 4.79 Å². The number of morpholine rings is 1. The Balaban J connectivity index is 1.33. The molecule has 0 spiro atoms. The summed E-state index contributed by atoms with van der Waals surface area (Å²) in [6.45, 7) is 6.47. The van der Waals surface area contributed by atoms with Crippen LogP contribution in [0.3, 0.4) is 0 Å². The number of hydrogen-bond acceptors (Lipinski definition) is 14. The Morgan fingerprint density at radius 2 is 1.70 bits per heavy atom. The first kappa shape index (κ1) is 45.6. The van der Waals surface area contributed by atoms with Gasteiger partial charge in [-0.15, -0.1) is 0 Å². The van der Waals surface area contributed by atoms with E-state index in [1.165, 1.54) is 0 Å². The number of carbonyl (C=O) groups is 2. The second-order valence-corrected chi connectivity index (χ2v) is 15.9. The van der Waals surface area contributed by atoms with E-state index in [4.69, 9.17) is 43.6 Å². The van der Waals surface area contributed by atoms with Crippen molar-refractivity contribution in [1.82, 2.24) is 20.5 Å². The van der Waals surface area contributed by atoms with Crippen molar-refractivity contribution in [1.29, 1.82) is 0 Å². The number of nitrogens with one attached hydrogen (secondary N) is 1. The van der Waals surface area contributed by atoms with Gasteiger partial charge in [-0.05, 0) is 68.4 Å². The lowest BCUT2D eigenvalue weighted by atomic mass is 9.77. The summed E-state index contributed by atoms with van der Waals surface area (Å²) in [5, 5.41) is 20.6. The molecule has 6 unspecified atom stereocenters. The molecule has 2 aliphatic carbocycles. The maximum absolute atomic E-state index is 13.6. The molecule has 2 saturated carbocycles. The molecule has 16 nitrogen and oxygen atoms in total. The predicted molar refractivity (Wildman–Crippen MR) is 208 cm³/mol. The first-order valence-corrected chi connectivity index (χ1v) is 20.9. The average Bonchev–Trinajstić information content (AvgIpc) is 3.23. The molecule has 2 amide bonds. The number of methoxy groups -OCH3 is 3. The van der Waals surface area contributed by atoms with Crippen molar-refractivity contribution in [2.45, 2.75) is 94.7 Å². The lowest BCUT2D eigenvalue weighted by Gasteiger charge is -2.47. The summed E-state index contributed by atoms with van der Waals surface area (Å²) in [5.74, 6) is -0.0000613. The normalized spacial score (nSPS) is 28.3. The van der Waals surface area contributed by atoms with Crippen LogP contribution in [0.4, 0.5) is 4.79 Å². The van der Waals surface area contributed by atoms with E-state index in [2.05, 4.69) is 39.3 Å². The quantitative estimate of drug-likeness (QED) is 0.113. The number of hydrogen-bond donors (Lipinski definition) is 3. The summed E-state index contributed by atoms with van der Waals surface area (Å²) in [6, 6.07) is 8.74. The third kappa shape index (κ3) is 14.3. The minimum atomic E-state index is -0.490. The van der Waals surface area contributed by atoms with Crippen LogP contribution in [0, 0.1) is 17.8 Å². The molecule has 0 radical (unpaired) electrons. The summed E-state index contributed by atoms with van der Waals surface area (Å²) in [5.41, 5.74) is 2.12. The van der Waals surface area contributed by atoms with Gasteiger partial charge in [0.15, 0.2) is 0 Å². The van der Waals surface area contributed by atoms with Crippen molar-refractivity contribution >= 4 is 12.0 Å². The van der Waals surface area contributed by atoms with Crippen molar-refractivity contribution in [3.63, 3.8) is 0 Å². The molecule has 3 N–H and O–H groups in total. The number of fused-ring (bicyclic) bond motifs is 1. The molecule has 57 heavy (non-hydrogen) atoms. The van der Waals surface area contributed by atoms with Crippen LogP contribution in [-0.4, -0.2) is 162 Å². The fraction of sp³-hybridized carbons (Fsp3) is 0.805. The monoisotopic (exact) mass is 808 g/mol. The number of ether oxygens (including phenoxy) is 7. The molecular weight excluding hydrogens is 740 g/mol. The van der Waals surface area contributed by atoms with Gasteiger partial charge in [-0.3, -0.25) is 24.9 Å². The van der Waals surface area contributed by atoms with Crippen LogP contribution in [0.5, 0.6) is 0 Å². The zero-order valence-corrected chi connectivity index (χ0v) is 34.3. The third-order valence-corrected chi connectivity index (χ3v) is 12.1. The Hall–Kier alpha value is -2.48. The highest BCUT2D eigenvalue weighted by molar-refractivity contribution is 5.78. The predicted octanol–water partition coefficient (Wildman–Crippen LogP) is 4.02. The molecule has 4 aliphatic rings. The number of likely N-dealkylation sites (tertiary alicyclic amines) is 1. The van der Waals surface area contributed by atoms with Gasteiger partial charge in [0.25, 0.3) is 0 Å². The SMILES string of the molecule is COCCCN1CCOC2CCC(COC3CN(C(=O)OCCCON(O)O)CC(CNC(=O)C4CCC(OC)CC4)C3c3ccc(COCCOC)cc3)CC21. The van der Waals surface area contributed by atoms with Gasteiger partial charge in [0.2, 0.25) is 5.91 Å². The second kappa shape index (κ2) is 24.6. The van der Waals surface area contributed by atoms with E-state index in [1.807, 2.05) is 0 Å². The molecule has 324 valence electrons. The molecule has 2 saturated heterocycles. The van der Waals surface area contributed by atoms with Crippen molar-refractivity contribution in [3.8, 4) is 0 Å². The third-order valence-electron chi connectivity index (χ3n) is 12.1. The minimum absolute atomic E-state index is 0.0329. The summed E-state index contributed by atoms with van der Waals surface area (Å²) in [4.78, 5) is 36.1. The van der Waals surface area contributed by atoms with Gasteiger partial charge in [0.1, 0.15) is 0 Å². The standard InChI is InChI=1S/C41H68N4O12/c1-50-18-4-16-43-17-21-54-37-15-8-31(24-36(37)43)29-56-38-27-44(41(47)55-19-5-20-57-45(48)49)26-34(25-42-40(46)33-11-13-35(52-3)14-12-33)39(38)32-9-6-30(7-10-32)28-53-23-22-51-2/h6-7,9-10,31,33-39,48-49H,4-5,8,11-29H2,1-3H3,(H,42,46). The molecule has 2 heterocycles. The summed E-state index contributed by atoms with van der Waals surface area (Å²) in [6.07, 6.45) is 7.04. The van der Waals surface area contributed by atoms with Gasteiger partial charge < -0.3 is 43.4 Å². The average molecular weight is 809 g/mol. The Kier molecular flexibility index (Phi) is 19.7. The van der Waals surface area contributed by atoms with Crippen molar-refractivity contribution in [3.05, 3.63) is 35.4 Å². The van der Waals surface area contributed by atoms with E-state index in [-0.39, 0.29) is 67.0 Å². The first-order chi connectivity index (χ1) is 27.8. The molecular formula is C41H68N4O12. The van der Waals surface area contributed by atoms with Gasteiger partial charge >= 0.3 is 6.09 Å². The van der Waals surface area contributed by atoms with Crippen LogP contribution in [0.25, 0.3) is 0 Å². The molecule has 16 heteroatoms. The van der Waals surface area contributed by atoms with Crippen molar-refractivity contribution < 1.29 is 58.0 Å². The first-order valence-electron chi connectivity index (χ1n) is 20.9. The van der Waals surface area contributed by atoms with Crippen LogP contribution in [0.2, 0.25) is 0 Å². The van der Waals surface area contributed by atoms with Crippen molar-refractivity contribution in [2.75, 3.05) is 100 Å². The number of benzene rings is 1. The fourth-order valence-corrected chi connectivity index (χ4v) is 9.02. The van der Waals surface area contributed by atoms with Gasteiger partial charge in [-0.2, -0.15) is 0 Å². The Labute approximate surface area is 338 Å². The topological polar surface area (TPSA) is 170 Å². The van der Waals surface area contributed by atoms with Crippen LogP contribution >= 0.6 is 0 Å². The molecule has 4 fully saturated rings. The Bertz CT molecular complexity index is 1300. The van der Waals surface area contributed by atoms with Gasteiger partial charge in [0, 0.05) is 90.9 Å². The lowest BCUT2D eigenvalue weighted by molar-refractivity contribution is -0.492. The number of piperidine rings is 1. The largest absolute Gasteiger partial charge is 0.449 e. The van der Waals surface area contributed by atoms with Gasteiger partial charge in [0.05, 0.1) is 69.9 Å². The highest BCUT2D eigenvalue weighted by Gasteiger charge is 2.43. The van der Waals surface area contributed by atoms with E-state index >= 15 is 0 Å². The van der Waals surface area contributed by atoms with Gasteiger partial charge in [-0.1, -0.05) is 24.3 Å². The minimum Gasteiger partial charge on any atom is -0.449 e. The smallest absolute Gasteiger partial charge is 0.409 e. The zero-order chi connectivity index (χ0) is 40.4. The van der Waals surface area contributed by atoms with Crippen LogP contribution in [0.1, 0.15) is 74.8 Å². The van der Waals surface area contributed by atoms with E-state index in [9.17, 15) is 9.59 Å². The molecule has 1 aromatic carbocycles. The second-order valence-electron chi connectivity index (χ2n) is 15.9. The Morgan fingerprint density at radius 3 is 2.44 bits per heavy atom. The van der Waals surface area contributed by atoms with Crippen LogP contribution in [-0.2, 0) is 49.4 Å². The van der Waals surface area contributed by atoms with E-state index in [0.29, 0.717) is 58.0 Å². The highest BCUT2D eigenvalue weighted by Crippen LogP contribution is 2.38. The summed E-state index contributed by atoms with van der Waals surface area (Å²) in [7, 11) is 5.12. The summed E-state index contributed by atoms with van der Waals surface area (Å²) < 4.78 is 40.6. The van der Waals surface area contributed by atoms with Crippen molar-refractivity contribution in [2.24, 2.45) is 17.8 Å². The maximum Gasteiger partial charge on any atom is 0.409 e. The number of carbonyl (C=O) groups excluding carboxylic acids is 2. The lowest BCUT2D eigenvalue weighted by Crippen LogP contribution is -2.56. The molecule has 5 rings (SSSR count). The molecule has 1 aromatic rings. The summed E-state index contributed by atoms with van der Waals surface area (Å²) >= 11 is 0. The highest BCUT2D eigenvalue weighted by atomic mass is 17.1. The number of rotatable bonds is 22. The van der Waals surface area contributed by atoms with E-state index < -0.39 is 6.09 Å². The number of nitrogens with zero attached hydrogens (tertiary/aromatic N) is 3. The Morgan fingerprint density at radius 1 is 0.912 bits per heavy atom. The maximum atomic E-state index is 13.6. The molecule has 0 aromatic heterocycles. The van der Waals surface area contributed by atoms with E-state index in [1.54, 1.807) is 26.2 Å². The number of amides is 2. The van der Waals surface area contributed by atoms with Crippen LogP contribution in [0.15, 0.2) is 24.3 Å². The van der Waals surface area contributed by atoms with E-state index in [0.717, 1.165) is 88.8 Å². The zero-order valence-electron chi connectivity index (χ0n) is 34.3. The van der Waals surface area contributed by atoms with Crippen LogP contribution < -0.4 is 5.32 Å². The fourth-order valence-electron chi connectivity index (χ4n) is 9.02. The molecule has 2 aliphatic heterocycles. The molecule has 6 atom stereocenters. The molecule has 0 bridgehead atoms.